The Balaban J connectivity index is 2.98. The van der Waals surface area contributed by atoms with E-state index in [0.717, 1.165) is 0 Å². The molecule has 20 heavy (non-hydrogen) atoms. The Hall–Kier alpha value is -0.860. The smallest absolute Gasteiger partial charge is 0.213 e. The number of rotatable bonds is 4. The number of oxime groups is 1. The van der Waals surface area contributed by atoms with Crippen molar-refractivity contribution in [3.8, 4) is 0 Å². The Morgan fingerprint density at radius 2 is 1.90 bits per heavy atom. The number of hydrogen-bond donors (Lipinski definition) is 3. The minimum Gasteiger partial charge on any atom is -0.409 e. The van der Waals surface area contributed by atoms with E-state index in [4.69, 9.17) is 10.9 Å². The van der Waals surface area contributed by atoms with Crippen LogP contribution in [0.2, 0.25) is 0 Å². The van der Waals surface area contributed by atoms with Crippen molar-refractivity contribution < 1.29 is 13.6 Å². The Bertz CT molecular complexity index is 460. The van der Waals surface area contributed by atoms with Gasteiger partial charge >= 0.3 is 0 Å². The maximum Gasteiger partial charge on any atom is 0.213 e. The molecule has 1 saturated heterocycles. The fourth-order valence-corrected chi connectivity index (χ4v) is 4.53. The van der Waals surface area contributed by atoms with E-state index in [1.165, 1.54) is 0 Å². The molecule has 0 unspecified atom stereocenters. The van der Waals surface area contributed by atoms with E-state index < -0.39 is 15.6 Å². The molecule has 0 aromatic rings. The maximum atomic E-state index is 12.3. The highest BCUT2D eigenvalue weighted by Gasteiger charge is 2.42. The van der Waals surface area contributed by atoms with Crippen LogP contribution >= 0.6 is 0 Å². The molecule has 0 aromatic carbocycles. The highest BCUT2D eigenvalue weighted by molar-refractivity contribution is 7.89. The van der Waals surface area contributed by atoms with Crippen LogP contribution in [0, 0.1) is 5.41 Å². The molecule has 0 saturated carbocycles. The van der Waals surface area contributed by atoms with E-state index in [2.05, 4.69) is 14.8 Å². The minimum absolute atomic E-state index is 0.00367. The normalized spacial score (nSPS) is 21.9. The first-order valence-corrected chi connectivity index (χ1v) is 8.33. The molecule has 1 aliphatic rings. The van der Waals surface area contributed by atoms with Crippen LogP contribution in [-0.4, -0.2) is 55.8 Å². The van der Waals surface area contributed by atoms with E-state index in [-0.39, 0.29) is 17.0 Å². The number of nitrogens with one attached hydrogen (secondary N) is 1. The quantitative estimate of drug-likeness (QED) is 0.297. The number of amidine groups is 1. The van der Waals surface area contributed by atoms with Crippen LogP contribution in [0.25, 0.3) is 0 Å². The SMILES string of the molecule is CN1CCC(NS(=O)(=O)CC(C)(C)C)(C(N)=NO)CC1. The fourth-order valence-electron chi connectivity index (χ4n) is 2.41. The molecule has 8 heteroatoms. The number of sulfonamides is 1. The Morgan fingerprint density at radius 3 is 2.30 bits per heavy atom. The summed E-state index contributed by atoms with van der Waals surface area (Å²) < 4.78 is 27.3. The van der Waals surface area contributed by atoms with Crippen molar-refractivity contribution in [2.45, 2.75) is 39.2 Å². The van der Waals surface area contributed by atoms with Crippen LogP contribution in [0.4, 0.5) is 0 Å². The summed E-state index contributed by atoms with van der Waals surface area (Å²) in [5.74, 6) is -0.0703. The van der Waals surface area contributed by atoms with Crippen LogP contribution in [-0.2, 0) is 10.0 Å². The van der Waals surface area contributed by atoms with Crippen molar-refractivity contribution in [2.75, 3.05) is 25.9 Å². The first-order chi connectivity index (χ1) is 9.00. The van der Waals surface area contributed by atoms with E-state index in [1.54, 1.807) is 0 Å². The molecule has 1 aliphatic heterocycles. The van der Waals surface area contributed by atoms with Gasteiger partial charge in [-0.05, 0) is 25.3 Å². The van der Waals surface area contributed by atoms with Gasteiger partial charge in [0.25, 0.3) is 0 Å². The zero-order valence-corrected chi connectivity index (χ0v) is 13.5. The molecule has 0 amide bonds. The Labute approximate surface area is 121 Å². The average molecular weight is 306 g/mol. The van der Waals surface area contributed by atoms with Crippen LogP contribution in [0.15, 0.2) is 5.16 Å². The molecule has 1 heterocycles. The lowest BCUT2D eigenvalue weighted by atomic mass is 9.88. The van der Waals surface area contributed by atoms with E-state index in [9.17, 15) is 8.42 Å². The molecule has 1 fully saturated rings. The zero-order chi connectivity index (χ0) is 15.6. The second-order valence-electron chi connectivity index (χ2n) is 6.79. The van der Waals surface area contributed by atoms with Gasteiger partial charge in [-0.25, -0.2) is 13.1 Å². The predicted molar refractivity (Wildman–Crippen MR) is 79.2 cm³/mol. The summed E-state index contributed by atoms with van der Waals surface area (Å²) >= 11 is 0. The predicted octanol–water partition coefficient (Wildman–Crippen LogP) is 0.163. The molecule has 0 atom stereocenters. The van der Waals surface area contributed by atoms with Crippen LogP contribution < -0.4 is 10.5 Å². The highest BCUT2D eigenvalue weighted by Crippen LogP contribution is 2.25. The topological polar surface area (TPSA) is 108 Å². The third-order valence-corrected chi connectivity index (χ3v) is 5.36. The Morgan fingerprint density at radius 1 is 1.40 bits per heavy atom. The molecule has 1 rings (SSSR count). The molecule has 4 N–H and O–H groups in total. The lowest BCUT2D eigenvalue weighted by Gasteiger charge is -2.40. The summed E-state index contributed by atoms with van der Waals surface area (Å²) in [6, 6.07) is 0. The standard InChI is InChI=1S/C12H26N4O3S/c1-11(2,3)9-20(18,19)15-12(10(13)14-17)5-7-16(4)8-6-12/h15,17H,5-9H2,1-4H3,(H2,13,14). The van der Waals surface area contributed by atoms with Crippen molar-refractivity contribution in [2.24, 2.45) is 16.3 Å². The van der Waals surface area contributed by atoms with Crippen LogP contribution in [0.1, 0.15) is 33.6 Å². The Kier molecular flexibility index (Phi) is 5.04. The van der Waals surface area contributed by atoms with Gasteiger partial charge in [-0.15, -0.1) is 0 Å². The third kappa shape index (κ3) is 4.60. The average Bonchev–Trinajstić information content (AvgIpc) is 2.27. The van der Waals surface area contributed by atoms with Crippen molar-refractivity contribution in [3.05, 3.63) is 0 Å². The number of nitrogens with two attached hydrogens (primary N) is 1. The molecular formula is C12H26N4O3S. The number of likely N-dealkylation sites (tertiary alicyclic amines) is 1. The number of nitrogens with zero attached hydrogens (tertiary/aromatic N) is 2. The van der Waals surface area contributed by atoms with Gasteiger partial charge in [0.2, 0.25) is 10.0 Å². The largest absolute Gasteiger partial charge is 0.409 e. The summed E-state index contributed by atoms with van der Waals surface area (Å²) in [4.78, 5) is 2.08. The lowest BCUT2D eigenvalue weighted by Crippen LogP contribution is -2.62. The van der Waals surface area contributed by atoms with Crippen LogP contribution in [0.3, 0.4) is 0 Å². The van der Waals surface area contributed by atoms with Gasteiger partial charge < -0.3 is 15.8 Å². The molecule has 0 aliphatic carbocycles. The maximum absolute atomic E-state index is 12.3. The van der Waals surface area contributed by atoms with Crippen molar-refractivity contribution >= 4 is 15.9 Å². The molecule has 0 aromatic heterocycles. The van der Waals surface area contributed by atoms with Crippen molar-refractivity contribution in [3.63, 3.8) is 0 Å². The highest BCUT2D eigenvalue weighted by atomic mass is 32.2. The van der Waals surface area contributed by atoms with Gasteiger partial charge in [0.15, 0.2) is 5.84 Å². The molecule has 0 bridgehead atoms. The zero-order valence-electron chi connectivity index (χ0n) is 12.7. The molecule has 7 nitrogen and oxygen atoms in total. The molecular weight excluding hydrogens is 280 g/mol. The molecule has 118 valence electrons. The first-order valence-electron chi connectivity index (χ1n) is 6.68. The number of piperidine rings is 1. The lowest BCUT2D eigenvalue weighted by molar-refractivity contribution is 0.213. The molecule has 0 radical (unpaired) electrons. The third-order valence-electron chi connectivity index (χ3n) is 3.41. The van der Waals surface area contributed by atoms with Crippen molar-refractivity contribution in [1.29, 1.82) is 0 Å². The molecule has 0 spiro atoms. The van der Waals surface area contributed by atoms with E-state index >= 15 is 0 Å². The second-order valence-corrected chi connectivity index (χ2v) is 8.51. The monoisotopic (exact) mass is 306 g/mol. The van der Waals surface area contributed by atoms with Gasteiger partial charge in [-0.3, -0.25) is 0 Å². The minimum atomic E-state index is -3.51. The summed E-state index contributed by atoms with van der Waals surface area (Å²) in [5.41, 5.74) is 4.42. The summed E-state index contributed by atoms with van der Waals surface area (Å²) in [5, 5.41) is 12.0. The van der Waals surface area contributed by atoms with Gasteiger partial charge in [0, 0.05) is 13.1 Å². The van der Waals surface area contributed by atoms with Gasteiger partial charge in [0.1, 0.15) is 0 Å². The number of hydrogen-bond acceptors (Lipinski definition) is 5. The first kappa shape index (κ1) is 17.2. The summed E-state index contributed by atoms with van der Waals surface area (Å²) in [7, 11) is -1.55. The van der Waals surface area contributed by atoms with Gasteiger partial charge in [-0.2, -0.15) is 0 Å². The fraction of sp³-hybridized carbons (Fsp3) is 0.917. The van der Waals surface area contributed by atoms with Crippen molar-refractivity contribution in [1.82, 2.24) is 9.62 Å². The summed E-state index contributed by atoms with van der Waals surface area (Å²) in [6.45, 7) is 6.95. The van der Waals surface area contributed by atoms with Crippen LogP contribution in [0.5, 0.6) is 0 Å². The van der Waals surface area contributed by atoms with Gasteiger partial charge in [0.05, 0.1) is 11.3 Å². The van der Waals surface area contributed by atoms with Gasteiger partial charge in [-0.1, -0.05) is 25.9 Å². The summed E-state index contributed by atoms with van der Waals surface area (Å²) in [6.07, 6.45) is 0.978. The second kappa shape index (κ2) is 5.87. The van der Waals surface area contributed by atoms with E-state index in [0.29, 0.717) is 25.9 Å². The van der Waals surface area contributed by atoms with E-state index in [1.807, 2.05) is 27.8 Å².